The van der Waals surface area contributed by atoms with E-state index in [2.05, 4.69) is 20.7 Å². The number of nitrogens with one attached hydrogen (secondary N) is 1. The number of methoxy groups -OCH3 is 1. The van der Waals surface area contributed by atoms with Crippen LogP contribution in [0.2, 0.25) is 0 Å². The highest BCUT2D eigenvalue weighted by Crippen LogP contribution is 2.28. The fraction of sp³-hybridized carbons (Fsp3) is 0.130. The van der Waals surface area contributed by atoms with Gasteiger partial charge >= 0.3 is 0 Å². The van der Waals surface area contributed by atoms with E-state index in [4.69, 9.17) is 9.15 Å². The summed E-state index contributed by atoms with van der Waals surface area (Å²) in [4.78, 5) is 12.3. The highest BCUT2D eigenvalue weighted by atomic mass is 32.2. The summed E-state index contributed by atoms with van der Waals surface area (Å²) in [6.45, 7) is 1.76. The number of carbonyl (C=O) groups excluding carboxylic acids is 1. The van der Waals surface area contributed by atoms with Gasteiger partial charge in [0.25, 0.3) is 5.91 Å². The van der Waals surface area contributed by atoms with Crippen molar-refractivity contribution < 1.29 is 13.9 Å². The molecule has 162 valence electrons. The molecule has 0 bridgehead atoms. The number of benzene rings is 2. The maximum Gasteiger partial charge on any atom is 0.250 e. The van der Waals surface area contributed by atoms with Crippen molar-refractivity contribution in [2.45, 2.75) is 12.1 Å². The molecule has 0 aliphatic carbocycles. The van der Waals surface area contributed by atoms with Gasteiger partial charge in [-0.05, 0) is 55.5 Å². The molecule has 0 spiro atoms. The molecule has 4 rings (SSSR count). The molecule has 0 saturated heterocycles. The second kappa shape index (κ2) is 9.97. The summed E-state index contributed by atoms with van der Waals surface area (Å²) in [5.74, 6) is 1.91. The Kier molecular flexibility index (Phi) is 6.66. The Bertz CT molecular complexity index is 1200. The zero-order chi connectivity index (χ0) is 22.3. The van der Waals surface area contributed by atoms with Gasteiger partial charge in [0.1, 0.15) is 17.2 Å². The van der Waals surface area contributed by atoms with E-state index >= 15 is 0 Å². The van der Waals surface area contributed by atoms with Gasteiger partial charge in [-0.3, -0.25) is 9.36 Å². The maximum absolute atomic E-state index is 12.3. The summed E-state index contributed by atoms with van der Waals surface area (Å²) in [5.41, 5.74) is 4.92. The van der Waals surface area contributed by atoms with Crippen LogP contribution in [0.1, 0.15) is 12.7 Å². The largest absolute Gasteiger partial charge is 0.497 e. The predicted molar refractivity (Wildman–Crippen MR) is 123 cm³/mol. The lowest BCUT2D eigenvalue weighted by Gasteiger charge is -2.10. The van der Waals surface area contributed by atoms with Crippen molar-refractivity contribution in [2.24, 2.45) is 5.10 Å². The first-order valence-corrected chi connectivity index (χ1v) is 10.8. The van der Waals surface area contributed by atoms with Crippen molar-refractivity contribution >= 4 is 23.4 Å². The average Bonchev–Trinajstić information content (AvgIpc) is 3.52. The van der Waals surface area contributed by atoms with E-state index in [1.165, 1.54) is 11.8 Å². The summed E-state index contributed by atoms with van der Waals surface area (Å²) in [7, 11) is 1.63. The van der Waals surface area contributed by atoms with E-state index in [1.807, 2.05) is 59.2 Å². The Morgan fingerprint density at radius 2 is 1.88 bits per heavy atom. The number of furan rings is 1. The number of rotatable bonds is 8. The summed E-state index contributed by atoms with van der Waals surface area (Å²) < 4.78 is 12.4. The van der Waals surface area contributed by atoms with E-state index in [1.54, 1.807) is 32.4 Å². The highest BCUT2D eigenvalue weighted by Gasteiger charge is 2.17. The number of hydrazone groups is 1. The number of para-hydroxylation sites is 1. The lowest BCUT2D eigenvalue weighted by atomic mass is 10.2. The Balaban J connectivity index is 1.54. The molecule has 2 aromatic heterocycles. The molecule has 0 fully saturated rings. The lowest BCUT2D eigenvalue weighted by Crippen LogP contribution is -2.21. The summed E-state index contributed by atoms with van der Waals surface area (Å²) in [6, 6.07) is 20.9. The van der Waals surface area contributed by atoms with E-state index in [9.17, 15) is 4.79 Å². The molecule has 4 aromatic rings. The first-order valence-electron chi connectivity index (χ1n) is 9.81. The minimum Gasteiger partial charge on any atom is -0.497 e. The van der Waals surface area contributed by atoms with Gasteiger partial charge in [-0.1, -0.05) is 30.0 Å². The Labute approximate surface area is 189 Å². The molecule has 0 radical (unpaired) electrons. The number of amides is 1. The van der Waals surface area contributed by atoms with Crippen LogP contribution in [0.25, 0.3) is 17.1 Å². The van der Waals surface area contributed by atoms with Crippen molar-refractivity contribution in [1.82, 2.24) is 20.2 Å². The quantitative estimate of drug-likeness (QED) is 0.248. The Hall–Kier alpha value is -3.85. The number of aromatic nitrogens is 3. The van der Waals surface area contributed by atoms with Crippen molar-refractivity contribution in [3.8, 4) is 22.8 Å². The SMILES string of the molecule is COc1ccc(-c2nnc(SCC(=O)N/N=C(\C)c3ccco3)n2-c2ccccc2)cc1. The van der Waals surface area contributed by atoms with Gasteiger partial charge in [-0.2, -0.15) is 5.10 Å². The molecule has 1 amide bonds. The molecular weight excluding hydrogens is 426 g/mol. The first-order chi connectivity index (χ1) is 15.7. The molecule has 0 aliphatic rings. The number of hydrogen-bond donors (Lipinski definition) is 1. The Morgan fingerprint density at radius 3 is 2.56 bits per heavy atom. The minimum absolute atomic E-state index is 0.127. The predicted octanol–water partition coefficient (Wildman–Crippen LogP) is 4.17. The molecule has 0 aliphatic heterocycles. The van der Waals surface area contributed by atoms with Crippen LogP contribution in [0.4, 0.5) is 0 Å². The van der Waals surface area contributed by atoms with Crippen molar-refractivity contribution in [3.63, 3.8) is 0 Å². The third-order valence-electron chi connectivity index (χ3n) is 4.55. The number of nitrogens with zero attached hydrogens (tertiary/aromatic N) is 4. The third kappa shape index (κ3) is 4.89. The smallest absolute Gasteiger partial charge is 0.250 e. The number of carbonyl (C=O) groups is 1. The van der Waals surface area contributed by atoms with Crippen LogP contribution < -0.4 is 10.2 Å². The number of thioether (sulfide) groups is 1. The molecule has 2 heterocycles. The molecule has 2 aromatic carbocycles. The van der Waals surface area contributed by atoms with Crippen LogP contribution in [0.3, 0.4) is 0 Å². The number of hydrogen-bond acceptors (Lipinski definition) is 7. The molecule has 8 nitrogen and oxygen atoms in total. The van der Waals surface area contributed by atoms with E-state index in [0.29, 0.717) is 22.5 Å². The van der Waals surface area contributed by atoms with Crippen LogP contribution in [-0.4, -0.2) is 39.2 Å². The summed E-state index contributed by atoms with van der Waals surface area (Å²) in [6.07, 6.45) is 1.56. The molecule has 0 atom stereocenters. The van der Waals surface area contributed by atoms with Crippen LogP contribution in [0, 0.1) is 0 Å². The van der Waals surface area contributed by atoms with Gasteiger partial charge in [0, 0.05) is 11.3 Å². The van der Waals surface area contributed by atoms with Crippen molar-refractivity contribution in [1.29, 1.82) is 0 Å². The van der Waals surface area contributed by atoms with Gasteiger partial charge in [0.15, 0.2) is 11.0 Å². The highest BCUT2D eigenvalue weighted by molar-refractivity contribution is 7.99. The fourth-order valence-electron chi connectivity index (χ4n) is 2.95. The van der Waals surface area contributed by atoms with Crippen LogP contribution in [-0.2, 0) is 4.79 Å². The summed E-state index contributed by atoms with van der Waals surface area (Å²) >= 11 is 1.28. The van der Waals surface area contributed by atoms with E-state index < -0.39 is 0 Å². The van der Waals surface area contributed by atoms with Crippen molar-refractivity contribution in [2.75, 3.05) is 12.9 Å². The lowest BCUT2D eigenvalue weighted by molar-refractivity contribution is -0.118. The second-order valence-electron chi connectivity index (χ2n) is 6.70. The molecule has 32 heavy (non-hydrogen) atoms. The first kappa shape index (κ1) is 21.4. The maximum atomic E-state index is 12.3. The van der Waals surface area contributed by atoms with Crippen LogP contribution in [0.15, 0.2) is 87.7 Å². The zero-order valence-corrected chi connectivity index (χ0v) is 18.4. The van der Waals surface area contributed by atoms with Crippen molar-refractivity contribution in [3.05, 3.63) is 78.8 Å². The molecule has 0 saturated carbocycles. The molecule has 1 N–H and O–H groups in total. The average molecular weight is 448 g/mol. The topological polar surface area (TPSA) is 94.5 Å². The summed E-state index contributed by atoms with van der Waals surface area (Å²) in [5, 5.41) is 13.4. The number of ether oxygens (including phenoxy) is 1. The van der Waals surface area contributed by atoms with Gasteiger partial charge in [0.2, 0.25) is 0 Å². The van der Waals surface area contributed by atoms with Crippen LogP contribution in [0.5, 0.6) is 5.75 Å². The monoisotopic (exact) mass is 447 g/mol. The normalized spacial score (nSPS) is 11.4. The Morgan fingerprint density at radius 1 is 1.09 bits per heavy atom. The van der Waals surface area contributed by atoms with Crippen LogP contribution >= 0.6 is 11.8 Å². The van der Waals surface area contributed by atoms with Gasteiger partial charge < -0.3 is 9.15 Å². The minimum atomic E-state index is -0.255. The van der Waals surface area contributed by atoms with Gasteiger partial charge in [-0.25, -0.2) is 5.43 Å². The van der Waals surface area contributed by atoms with E-state index in [-0.39, 0.29) is 11.7 Å². The molecule has 0 unspecified atom stereocenters. The van der Waals surface area contributed by atoms with Gasteiger partial charge in [0.05, 0.1) is 19.1 Å². The third-order valence-corrected chi connectivity index (χ3v) is 5.48. The van der Waals surface area contributed by atoms with Gasteiger partial charge in [-0.15, -0.1) is 10.2 Å². The standard InChI is InChI=1S/C23H21N5O3S/c1-16(20-9-6-14-31-20)24-25-21(29)15-32-23-27-26-22(17-10-12-19(30-2)13-11-17)28(23)18-7-4-3-5-8-18/h3-14H,15H2,1-2H3,(H,25,29)/b24-16+. The second-order valence-corrected chi connectivity index (χ2v) is 7.65. The fourth-order valence-corrected chi connectivity index (χ4v) is 3.69. The molecule has 9 heteroatoms. The zero-order valence-electron chi connectivity index (χ0n) is 17.6. The molecular formula is C23H21N5O3S. The van der Waals surface area contributed by atoms with E-state index in [0.717, 1.165) is 17.0 Å².